The molecule has 5 rings (SSSR count). The van der Waals surface area contributed by atoms with Crippen molar-refractivity contribution in [3.8, 4) is 5.75 Å². The molecule has 1 amide bonds. The maximum atomic E-state index is 14.2. The molecule has 0 aromatic heterocycles. The molecule has 4 aliphatic rings. The molecule has 1 aromatic carbocycles. The number of ether oxygens (including phenoxy) is 1. The number of carboxylic acids is 1. The lowest BCUT2D eigenvalue weighted by Gasteiger charge is -2.34. The van der Waals surface area contributed by atoms with Crippen LogP contribution < -0.4 is 9.46 Å². The van der Waals surface area contributed by atoms with Crippen molar-refractivity contribution in [3.63, 3.8) is 0 Å². The molecule has 11 heteroatoms. The van der Waals surface area contributed by atoms with Crippen LogP contribution in [0.5, 0.6) is 5.75 Å². The molecule has 0 radical (unpaired) electrons. The number of halogens is 1. The Morgan fingerprint density at radius 3 is 2.80 bits per heavy atom. The largest absolute Gasteiger partial charge is 0.492 e. The van der Waals surface area contributed by atoms with Crippen LogP contribution in [0.1, 0.15) is 48.0 Å². The minimum Gasteiger partial charge on any atom is -0.492 e. The van der Waals surface area contributed by atoms with Crippen LogP contribution in [0.4, 0.5) is 10.1 Å². The number of nitrogens with one attached hydrogen (secondary N) is 1. The molecule has 2 unspecified atom stereocenters. The van der Waals surface area contributed by atoms with E-state index in [2.05, 4.69) is 4.72 Å². The van der Waals surface area contributed by atoms with Crippen LogP contribution >= 0.6 is 0 Å². The third kappa shape index (κ3) is 4.54. The first kappa shape index (κ1) is 23.8. The number of anilines is 1. The molecule has 35 heavy (non-hydrogen) atoms. The highest BCUT2D eigenvalue weighted by atomic mass is 32.2. The smallest absolute Gasteiger partial charge is 0.341 e. The van der Waals surface area contributed by atoms with Crippen molar-refractivity contribution >= 4 is 27.6 Å². The van der Waals surface area contributed by atoms with Crippen LogP contribution in [0, 0.1) is 5.92 Å². The second kappa shape index (κ2) is 8.94. The van der Waals surface area contributed by atoms with Gasteiger partial charge >= 0.3 is 5.97 Å². The van der Waals surface area contributed by atoms with E-state index in [9.17, 15) is 27.5 Å². The van der Waals surface area contributed by atoms with E-state index in [4.69, 9.17) is 4.74 Å². The zero-order valence-corrected chi connectivity index (χ0v) is 20.2. The van der Waals surface area contributed by atoms with Gasteiger partial charge in [-0.05, 0) is 48.6 Å². The molecule has 1 saturated carbocycles. The standard InChI is InChI=1S/C24H28FN3O6S/c1-2-27-7-8-28(21(29)12-27)11-14-9-16(25)3-6-20(14)35(32,33)26-19-5-4-17-18-10-15(18)13-34-23(17)22(19)24(30)31/h4-5,9,15,18,26H,2-3,6-8,10-13H2,1H3,(H,30,31). The van der Waals surface area contributed by atoms with Crippen molar-refractivity contribution in [3.05, 3.63) is 45.6 Å². The number of carbonyl (C=O) groups is 2. The summed E-state index contributed by atoms with van der Waals surface area (Å²) < 4.78 is 49.2. The Kier molecular flexibility index (Phi) is 6.08. The molecule has 2 aliphatic heterocycles. The van der Waals surface area contributed by atoms with Crippen LogP contribution in [0.3, 0.4) is 0 Å². The van der Waals surface area contributed by atoms with Crippen molar-refractivity contribution in [2.75, 3.05) is 44.1 Å². The topological polar surface area (TPSA) is 116 Å². The van der Waals surface area contributed by atoms with Gasteiger partial charge < -0.3 is 14.7 Å². The van der Waals surface area contributed by atoms with Gasteiger partial charge in [-0.1, -0.05) is 13.0 Å². The molecule has 2 fully saturated rings. The Hall–Kier alpha value is -2.92. The number of hydrogen-bond donors (Lipinski definition) is 2. The Morgan fingerprint density at radius 2 is 2.09 bits per heavy atom. The predicted octanol–water partition coefficient (Wildman–Crippen LogP) is 2.69. The third-order valence-corrected chi connectivity index (χ3v) is 8.82. The molecular formula is C24H28FN3O6S. The molecule has 1 aromatic rings. The number of carboxylic acid groups (broad SMARTS) is 1. The summed E-state index contributed by atoms with van der Waals surface area (Å²) in [6.45, 7) is 4.38. The number of hydrogen-bond acceptors (Lipinski definition) is 6. The first-order valence-corrected chi connectivity index (χ1v) is 13.3. The number of fused-ring (bicyclic) bond motifs is 3. The summed E-state index contributed by atoms with van der Waals surface area (Å²) in [5.41, 5.74) is 0.673. The molecule has 2 heterocycles. The van der Waals surface area contributed by atoms with Gasteiger partial charge in [0, 0.05) is 32.0 Å². The van der Waals surface area contributed by atoms with Crippen LogP contribution in [0.15, 0.2) is 34.5 Å². The van der Waals surface area contributed by atoms with Crippen LogP contribution in [-0.4, -0.2) is 74.5 Å². The number of aromatic carboxylic acids is 1. The van der Waals surface area contributed by atoms with Gasteiger partial charge in [0.25, 0.3) is 10.0 Å². The average molecular weight is 506 g/mol. The van der Waals surface area contributed by atoms with E-state index in [1.807, 2.05) is 11.8 Å². The summed E-state index contributed by atoms with van der Waals surface area (Å²) >= 11 is 0. The monoisotopic (exact) mass is 505 g/mol. The summed E-state index contributed by atoms with van der Waals surface area (Å²) in [4.78, 5) is 28.1. The first-order chi connectivity index (χ1) is 16.7. The summed E-state index contributed by atoms with van der Waals surface area (Å²) in [5.74, 6) is -1.06. The van der Waals surface area contributed by atoms with E-state index >= 15 is 0 Å². The number of piperazine rings is 1. The van der Waals surface area contributed by atoms with Crippen LogP contribution in [0.25, 0.3) is 0 Å². The number of amides is 1. The summed E-state index contributed by atoms with van der Waals surface area (Å²) in [7, 11) is -4.23. The van der Waals surface area contributed by atoms with E-state index in [1.165, 1.54) is 17.0 Å². The Morgan fingerprint density at radius 1 is 1.29 bits per heavy atom. The Labute approximate surface area is 203 Å². The average Bonchev–Trinajstić information content (AvgIpc) is 3.60. The van der Waals surface area contributed by atoms with Crippen molar-refractivity contribution < 1.29 is 32.2 Å². The number of nitrogens with zero attached hydrogens (tertiary/aromatic N) is 2. The Bertz CT molecular complexity index is 1260. The lowest BCUT2D eigenvalue weighted by molar-refractivity contribution is -0.135. The number of likely N-dealkylation sites (N-methyl/N-ethyl adjacent to an activating group) is 1. The fraction of sp³-hybridized carbons (Fsp3) is 0.500. The third-order valence-electron chi connectivity index (χ3n) is 7.22. The van der Waals surface area contributed by atoms with Gasteiger partial charge in [0.15, 0.2) is 0 Å². The van der Waals surface area contributed by atoms with E-state index in [0.29, 0.717) is 25.6 Å². The van der Waals surface area contributed by atoms with E-state index < -0.39 is 21.8 Å². The number of allylic oxidation sites excluding steroid dienone is 2. The maximum absolute atomic E-state index is 14.2. The zero-order chi connectivity index (χ0) is 24.9. The fourth-order valence-electron chi connectivity index (χ4n) is 5.13. The van der Waals surface area contributed by atoms with Gasteiger partial charge in [-0.3, -0.25) is 14.4 Å². The predicted molar refractivity (Wildman–Crippen MR) is 126 cm³/mol. The molecule has 1 saturated heterocycles. The van der Waals surface area contributed by atoms with E-state index in [0.717, 1.165) is 18.5 Å². The molecule has 0 bridgehead atoms. The number of carbonyl (C=O) groups excluding carboxylic acids is 1. The molecule has 2 atom stereocenters. The van der Waals surface area contributed by atoms with Gasteiger partial charge in [-0.2, -0.15) is 0 Å². The SMILES string of the molecule is CCN1CCN(CC2=C(S(=O)(=O)Nc3ccc4c(c3C(=O)O)OCC3CC43)CCC(F)=C2)C(=O)C1. The van der Waals surface area contributed by atoms with Gasteiger partial charge in [0.2, 0.25) is 5.91 Å². The van der Waals surface area contributed by atoms with E-state index in [1.54, 1.807) is 6.07 Å². The molecular weight excluding hydrogens is 477 g/mol. The highest BCUT2D eigenvalue weighted by Crippen LogP contribution is 2.55. The van der Waals surface area contributed by atoms with Crippen molar-refractivity contribution in [1.82, 2.24) is 9.80 Å². The lowest BCUT2D eigenvalue weighted by atomic mass is 10.0. The van der Waals surface area contributed by atoms with Gasteiger partial charge in [-0.15, -0.1) is 0 Å². The van der Waals surface area contributed by atoms with Crippen molar-refractivity contribution in [2.24, 2.45) is 5.92 Å². The molecule has 2 N–H and O–H groups in total. The maximum Gasteiger partial charge on any atom is 0.341 e. The summed E-state index contributed by atoms with van der Waals surface area (Å²) in [6, 6.07) is 3.17. The summed E-state index contributed by atoms with van der Waals surface area (Å²) in [5, 5.41) is 9.87. The summed E-state index contributed by atoms with van der Waals surface area (Å²) in [6.07, 6.45) is 1.94. The van der Waals surface area contributed by atoms with Gasteiger partial charge in [0.1, 0.15) is 17.1 Å². The molecule has 2 aliphatic carbocycles. The number of benzene rings is 1. The van der Waals surface area contributed by atoms with Crippen molar-refractivity contribution in [2.45, 2.75) is 32.1 Å². The second-order valence-corrected chi connectivity index (χ2v) is 11.2. The van der Waals surface area contributed by atoms with E-state index in [-0.39, 0.29) is 65.2 Å². The highest BCUT2D eigenvalue weighted by Gasteiger charge is 2.45. The van der Waals surface area contributed by atoms with Crippen LogP contribution in [0.2, 0.25) is 0 Å². The normalized spacial score (nSPS) is 24.3. The molecule has 188 valence electrons. The molecule has 0 spiro atoms. The highest BCUT2D eigenvalue weighted by molar-refractivity contribution is 7.96. The quantitative estimate of drug-likeness (QED) is 0.585. The zero-order valence-electron chi connectivity index (χ0n) is 19.4. The van der Waals surface area contributed by atoms with Crippen molar-refractivity contribution in [1.29, 1.82) is 0 Å². The number of rotatable bonds is 7. The minimum absolute atomic E-state index is 0.0256. The molecule has 9 nitrogen and oxygen atoms in total. The fourth-order valence-corrected chi connectivity index (χ4v) is 6.55. The lowest BCUT2D eigenvalue weighted by Crippen LogP contribution is -2.50. The van der Waals surface area contributed by atoms with Gasteiger partial charge in [-0.25, -0.2) is 17.6 Å². The van der Waals surface area contributed by atoms with Gasteiger partial charge in [0.05, 0.1) is 23.7 Å². The Balaban J connectivity index is 1.46. The second-order valence-electron chi connectivity index (χ2n) is 9.45. The first-order valence-electron chi connectivity index (χ1n) is 11.8. The van der Waals surface area contributed by atoms with Crippen LogP contribution in [-0.2, 0) is 14.8 Å². The number of sulfonamides is 1. The minimum atomic E-state index is -4.23.